The fraction of sp³-hybridized carbons (Fsp3) is 0.682. The van der Waals surface area contributed by atoms with E-state index in [1.165, 1.54) is 5.56 Å². The molecule has 2 heterocycles. The van der Waals surface area contributed by atoms with Gasteiger partial charge in [0, 0.05) is 52.9 Å². The van der Waals surface area contributed by atoms with Crippen molar-refractivity contribution in [2.24, 2.45) is 5.41 Å². The zero-order valence-electron chi connectivity index (χ0n) is 17.5. The van der Waals surface area contributed by atoms with Gasteiger partial charge in [0.2, 0.25) is 5.91 Å². The lowest BCUT2D eigenvalue weighted by atomic mass is 9.78. The van der Waals surface area contributed by atoms with E-state index in [2.05, 4.69) is 57.4 Å². The average molecular weight is 389 g/mol. The van der Waals surface area contributed by atoms with Crippen molar-refractivity contribution in [2.75, 3.05) is 73.1 Å². The van der Waals surface area contributed by atoms with Gasteiger partial charge in [0.1, 0.15) is 0 Å². The van der Waals surface area contributed by atoms with E-state index in [1.54, 1.807) is 7.11 Å². The number of nitrogens with one attached hydrogen (secondary N) is 1. The monoisotopic (exact) mass is 388 g/mol. The quantitative estimate of drug-likeness (QED) is 0.727. The molecule has 3 rings (SSSR count). The molecule has 0 aliphatic carbocycles. The Morgan fingerprint density at radius 3 is 2.46 bits per heavy atom. The van der Waals surface area contributed by atoms with E-state index in [1.807, 2.05) is 0 Å². The second kappa shape index (κ2) is 10.3. The van der Waals surface area contributed by atoms with Gasteiger partial charge in [0.05, 0.1) is 12.0 Å². The van der Waals surface area contributed by atoms with Crippen LogP contribution in [0.4, 0.5) is 0 Å². The van der Waals surface area contributed by atoms with Crippen LogP contribution in [-0.4, -0.2) is 93.7 Å². The number of rotatable bonds is 8. The molecule has 1 amide bonds. The van der Waals surface area contributed by atoms with Gasteiger partial charge in [-0.3, -0.25) is 9.69 Å². The lowest BCUT2D eigenvalue weighted by Crippen LogP contribution is -2.57. The third-order valence-corrected chi connectivity index (χ3v) is 6.19. The van der Waals surface area contributed by atoms with Crippen LogP contribution in [0.3, 0.4) is 0 Å². The number of hydrogen-bond donors (Lipinski definition) is 1. The minimum absolute atomic E-state index is 0.302. The number of carbonyl (C=O) groups excluding carboxylic acids is 1. The van der Waals surface area contributed by atoms with Gasteiger partial charge in [-0.15, -0.1) is 0 Å². The van der Waals surface area contributed by atoms with Gasteiger partial charge in [-0.25, -0.2) is 0 Å². The van der Waals surface area contributed by atoms with Crippen molar-refractivity contribution < 1.29 is 9.53 Å². The molecule has 2 aliphatic heterocycles. The normalized spacial score (nSPS) is 20.5. The van der Waals surface area contributed by atoms with Crippen molar-refractivity contribution in [3.05, 3.63) is 35.9 Å². The molecule has 2 aliphatic rings. The molecule has 156 valence electrons. The predicted molar refractivity (Wildman–Crippen MR) is 112 cm³/mol. The Hall–Kier alpha value is -1.47. The summed E-state index contributed by atoms with van der Waals surface area (Å²) in [5.74, 6) is 0.302. The molecule has 1 aromatic carbocycles. The summed E-state index contributed by atoms with van der Waals surface area (Å²) in [6, 6.07) is 10.6. The van der Waals surface area contributed by atoms with Crippen LogP contribution in [0.2, 0.25) is 0 Å². The zero-order valence-corrected chi connectivity index (χ0v) is 17.5. The number of methoxy groups -OCH3 is 1. The number of benzene rings is 1. The van der Waals surface area contributed by atoms with Crippen molar-refractivity contribution in [1.82, 2.24) is 20.0 Å². The van der Waals surface area contributed by atoms with Crippen molar-refractivity contribution in [3.8, 4) is 0 Å². The molecule has 1 aromatic rings. The minimum Gasteiger partial charge on any atom is -0.384 e. The molecule has 0 aromatic heterocycles. The van der Waals surface area contributed by atoms with Crippen molar-refractivity contribution in [2.45, 2.75) is 19.4 Å². The summed E-state index contributed by atoms with van der Waals surface area (Å²) >= 11 is 0. The van der Waals surface area contributed by atoms with E-state index in [-0.39, 0.29) is 5.41 Å². The van der Waals surface area contributed by atoms with Crippen LogP contribution in [0.1, 0.15) is 18.4 Å². The fourth-order valence-electron chi connectivity index (χ4n) is 4.40. The summed E-state index contributed by atoms with van der Waals surface area (Å²) in [6.45, 7) is 9.02. The molecule has 2 saturated heterocycles. The molecular weight excluding hydrogens is 352 g/mol. The second-order valence-corrected chi connectivity index (χ2v) is 8.32. The number of hydrogen-bond acceptors (Lipinski definition) is 5. The van der Waals surface area contributed by atoms with Crippen molar-refractivity contribution >= 4 is 5.91 Å². The van der Waals surface area contributed by atoms with E-state index < -0.39 is 0 Å². The van der Waals surface area contributed by atoms with Crippen LogP contribution in [-0.2, 0) is 16.1 Å². The van der Waals surface area contributed by atoms with Crippen LogP contribution >= 0.6 is 0 Å². The third-order valence-electron chi connectivity index (χ3n) is 6.19. The van der Waals surface area contributed by atoms with Crippen molar-refractivity contribution in [3.63, 3.8) is 0 Å². The Bertz CT molecular complexity index is 590. The van der Waals surface area contributed by atoms with Gasteiger partial charge >= 0.3 is 0 Å². The average Bonchev–Trinajstić information content (AvgIpc) is 2.74. The van der Waals surface area contributed by atoms with E-state index >= 15 is 0 Å². The summed E-state index contributed by atoms with van der Waals surface area (Å²) in [6.07, 6.45) is 1.76. The maximum Gasteiger partial charge on any atom is 0.231 e. The topological polar surface area (TPSA) is 48.1 Å². The van der Waals surface area contributed by atoms with Crippen LogP contribution < -0.4 is 5.32 Å². The van der Waals surface area contributed by atoms with E-state index in [0.717, 1.165) is 71.7 Å². The molecule has 0 atom stereocenters. The summed E-state index contributed by atoms with van der Waals surface area (Å²) in [4.78, 5) is 20.2. The SMILES string of the molecule is COCC1(C(=O)N2CCN(CCN(C)Cc3ccccc3)CC2)CCNCC1. The first-order chi connectivity index (χ1) is 13.6. The lowest BCUT2D eigenvalue weighted by molar-refractivity contribution is -0.149. The highest BCUT2D eigenvalue weighted by molar-refractivity contribution is 5.83. The summed E-state index contributed by atoms with van der Waals surface area (Å²) in [5.41, 5.74) is 1.03. The zero-order chi connectivity index (χ0) is 19.8. The number of amides is 1. The smallest absolute Gasteiger partial charge is 0.231 e. The summed E-state index contributed by atoms with van der Waals surface area (Å²) in [5, 5.41) is 3.37. The highest BCUT2D eigenvalue weighted by Gasteiger charge is 2.42. The number of likely N-dealkylation sites (N-methyl/N-ethyl adjacent to an activating group) is 1. The van der Waals surface area contributed by atoms with Gasteiger partial charge < -0.3 is 19.9 Å². The Balaban J connectivity index is 1.43. The van der Waals surface area contributed by atoms with Gasteiger partial charge in [0.25, 0.3) is 0 Å². The molecule has 0 unspecified atom stereocenters. The number of carbonyl (C=O) groups is 1. The predicted octanol–water partition coefficient (Wildman–Crippen LogP) is 1.28. The highest BCUT2D eigenvalue weighted by atomic mass is 16.5. The number of piperidine rings is 1. The Kier molecular flexibility index (Phi) is 7.85. The largest absolute Gasteiger partial charge is 0.384 e. The molecule has 0 saturated carbocycles. The first kappa shape index (κ1) is 21.2. The molecule has 6 heteroatoms. The molecule has 6 nitrogen and oxygen atoms in total. The van der Waals surface area contributed by atoms with Crippen molar-refractivity contribution in [1.29, 1.82) is 0 Å². The summed E-state index contributed by atoms with van der Waals surface area (Å²) in [7, 11) is 3.89. The fourth-order valence-corrected chi connectivity index (χ4v) is 4.40. The standard InChI is InChI=1S/C22H36N4O2/c1-24(18-20-6-4-3-5-7-20)12-13-25-14-16-26(17-15-25)21(27)22(19-28-2)8-10-23-11-9-22/h3-7,23H,8-19H2,1-2H3. The highest BCUT2D eigenvalue weighted by Crippen LogP contribution is 2.32. The Morgan fingerprint density at radius 2 is 1.82 bits per heavy atom. The van der Waals surface area contributed by atoms with Gasteiger partial charge in [0.15, 0.2) is 0 Å². The number of nitrogens with zero attached hydrogens (tertiary/aromatic N) is 3. The molecule has 0 bridgehead atoms. The summed E-state index contributed by atoms with van der Waals surface area (Å²) < 4.78 is 5.44. The van der Waals surface area contributed by atoms with Crippen LogP contribution in [0, 0.1) is 5.41 Å². The Labute approximate surface area is 169 Å². The van der Waals surface area contributed by atoms with Crippen LogP contribution in [0.25, 0.3) is 0 Å². The van der Waals surface area contributed by atoms with Gasteiger partial charge in [-0.1, -0.05) is 30.3 Å². The molecule has 0 radical (unpaired) electrons. The molecule has 0 spiro atoms. The first-order valence-corrected chi connectivity index (χ1v) is 10.6. The molecular formula is C22H36N4O2. The van der Waals surface area contributed by atoms with E-state index in [0.29, 0.717) is 12.5 Å². The van der Waals surface area contributed by atoms with Crippen LogP contribution in [0.5, 0.6) is 0 Å². The molecule has 1 N–H and O–H groups in total. The van der Waals surface area contributed by atoms with Crippen LogP contribution in [0.15, 0.2) is 30.3 Å². The second-order valence-electron chi connectivity index (χ2n) is 8.32. The van der Waals surface area contributed by atoms with Gasteiger partial charge in [-0.05, 0) is 38.5 Å². The molecule has 2 fully saturated rings. The Morgan fingerprint density at radius 1 is 1.14 bits per heavy atom. The third kappa shape index (κ3) is 5.54. The maximum absolute atomic E-state index is 13.2. The minimum atomic E-state index is -0.321. The van der Waals surface area contributed by atoms with Gasteiger partial charge in [-0.2, -0.15) is 0 Å². The first-order valence-electron chi connectivity index (χ1n) is 10.6. The number of piperazine rings is 1. The molecule has 28 heavy (non-hydrogen) atoms. The maximum atomic E-state index is 13.2. The van der Waals surface area contributed by atoms with E-state index in [9.17, 15) is 4.79 Å². The van der Waals surface area contributed by atoms with E-state index in [4.69, 9.17) is 4.74 Å². The lowest BCUT2D eigenvalue weighted by Gasteiger charge is -2.42. The number of ether oxygens (including phenoxy) is 1.